The van der Waals surface area contributed by atoms with Crippen LogP contribution in [-0.4, -0.2) is 35.4 Å². The molecule has 0 fully saturated rings. The van der Waals surface area contributed by atoms with Gasteiger partial charge in [-0.2, -0.15) is 0 Å². The summed E-state index contributed by atoms with van der Waals surface area (Å²) in [6.07, 6.45) is 1.53. The van der Waals surface area contributed by atoms with E-state index in [-0.39, 0.29) is 12.5 Å². The molecule has 110 valence electrons. The number of hydrogen-bond donors (Lipinski definition) is 2. The number of carbonyl (C=O) groups is 2. The molecular formula is C15H17N3O3. The van der Waals surface area contributed by atoms with Crippen molar-refractivity contribution >= 4 is 17.6 Å². The first kappa shape index (κ1) is 14.6. The third-order valence-corrected chi connectivity index (χ3v) is 2.99. The molecule has 2 aromatic rings. The van der Waals surface area contributed by atoms with E-state index < -0.39 is 5.97 Å². The van der Waals surface area contributed by atoms with Crippen molar-refractivity contribution < 1.29 is 14.3 Å². The average Bonchev–Trinajstić information content (AvgIpc) is 2.93. The van der Waals surface area contributed by atoms with Gasteiger partial charge in [0.25, 0.3) is 5.91 Å². The van der Waals surface area contributed by atoms with Gasteiger partial charge in [-0.3, -0.25) is 9.59 Å². The van der Waals surface area contributed by atoms with Crippen molar-refractivity contribution in [2.45, 2.75) is 6.54 Å². The van der Waals surface area contributed by atoms with Crippen molar-refractivity contribution in [3.63, 3.8) is 0 Å². The zero-order valence-corrected chi connectivity index (χ0v) is 11.7. The first-order valence-corrected chi connectivity index (χ1v) is 6.44. The van der Waals surface area contributed by atoms with E-state index in [0.717, 1.165) is 5.56 Å². The fourth-order valence-corrected chi connectivity index (χ4v) is 1.93. The lowest BCUT2D eigenvalue weighted by molar-refractivity contribution is -0.141. The maximum atomic E-state index is 12.4. The molecule has 0 aliphatic heterocycles. The first-order chi connectivity index (χ1) is 10.1. The highest BCUT2D eigenvalue weighted by Gasteiger charge is 2.20. The summed E-state index contributed by atoms with van der Waals surface area (Å²) in [5.41, 5.74) is 7.34. The number of aromatic nitrogens is 1. The number of amides is 1. The summed E-state index contributed by atoms with van der Waals surface area (Å²) in [4.78, 5) is 28.2. The molecular weight excluding hydrogens is 270 g/mol. The molecule has 0 aliphatic carbocycles. The van der Waals surface area contributed by atoms with Gasteiger partial charge in [0.1, 0.15) is 12.2 Å². The summed E-state index contributed by atoms with van der Waals surface area (Å²) in [6, 6.07) is 11.0. The number of ether oxygens (including phenoxy) is 1. The fourth-order valence-electron chi connectivity index (χ4n) is 1.93. The molecule has 6 nitrogen and oxygen atoms in total. The van der Waals surface area contributed by atoms with Crippen LogP contribution in [0.1, 0.15) is 16.1 Å². The number of methoxy groups -OCH3 is 1. The first-order valence-electron chi connectivity index (χ1n) is 6.44. The minimum atomic E-state index is -0.473. The molecule has 2 rings (SSSR count). The Morgan fingerprint density at radius 3 is 2.57 bits per heavy atom. The Bertz CT molecular complexity index is 622. The van der Waals surface area contributed by atoms with E-state index in [1.54, 1.807) is 0 Å². The monoisotopic (exact) mass is 287 g/mol. The third-order valence-electron chi connectivity index (χ3n) is 2.99. The highest BCUT2D eigenvalue weighted by atomic mass is 16.5. The number of nitrogens with one attached hydrogen (secondary N) is 1. The lowest BCUT2D eigenvalue weighted by Gasteiger charge is -2.21. The number of nitrogens with two attached hydrogens (primary N) is 1. The van der Waals surface area contributed by atoms with Crippen molar-refractivity contribution in [2.24, 2.45) is 0 Å². The van der Waals surface area contributed by atoms with Crippen LogP contribution >= 0.6 is 0 Å². The lowest BCUT2D eigenvalue weighted by atomic mass is 10.2. The standard InChI is InChI=1S/C15H17N3O3/c1-21-14(19)10-18(9-11-5-3-2-4-6-11)15(20)13-7-12(16)8-17-13/h2-8,17H,9-10,16H2,1H3. The highest BCUT2D eigenvalue weighted by molar-refractivity contribution is 5.95. The molecule has 0 saturated heterocycles. The molecule has 1 aromatic heterocycles. The number of aromatic amines is 1. The number of anilines is 1. The van der Waals surface area contributed by atoms with Crippen LogP contribution in [0.2, 0.25) is 0 Å². The molecule has 0 unspecified atom stereocenters. The Balaban J connectivity index is 2.19. The zero-order valence-electron chi connectivity index (χ0n) is 11.7. The Morgan fingerprint density at radius 1 is 1.29 bits per heavy atom. The number of nitrogens with zero attached hydrogens (tertiary/aromatic N) is 1. The van der Waals surface area contributed by atoms with Crippen LogP contribution < -0.4 is 5.73 Å². The van der Waals surface area contributed by atoms with Gasteiger partial charge in [-0.25, -0.2) is 0 Å². The van der Waals surface area contributed by atoms with Crippen LogP contribution in [0.15, 0.2) is 42.6 Å². The van der Waals surface area contributed by atoms with Gasteiger partial charge < -0.3 is 20.4 Å². The van der Waals surface area contributed by atoms with Crippen molar-refractivity contribution in [2.75, 3.05) is 19.4 Å². The SMILES string of the molecule is COC(=O)CN(Cc1ccccc1)C(=O)c1cc(N)c[nH]1. The maximum Gasteiger partial charge on any atom is 0.325 e. The van der Waals surface area contributed by atoms with Crippen LogP contribution in [-0.2, 0) is 16.1 Å². The Kier molecular flexibility index (Phi) is 4.61. The Morgan fingerprint density at radius 2 is 2.00 bits per heavy atom. The summed E-state index contributed by atoms with van der Waals surface area (Å²) < 4.78 is 4.64. The van der Waals surface area contributed by atoms with E-state index in [2.05, 4.69) is 9.72 Å². The summed E-state index contributed by atoms with van der Waals surface area (Å²) >= 11 is 0. The minimum absolute atomic E-state index is 0.122. The van der Waals surface area contributed by atoms with Crippen LogP contribution in [0.3, 0.4) is 0 Å². The molecule has 3 N–H and O–H groups in total. The lowest BCUT2D eigenvalue weighted by Crippen LogP contribution is -2.35. The number of hydrogen-bond acceptors (Lipinski definition) is 4. The maximum absolute atomic E-state index is 12.4. The van der Waals surface area contributed by atoms with E-state index in [4.69, 9.17) is 5.73 Å². The third kappa shape index (κ3) is 3.85. The van der Waals surface area contributed by atoms with E-state index >= 15 is 0 Å². The zero-order chi connectivity index (χ0) is 15.2. The molecule has 1 amide bonds. The Labute approximate surface area is 122 Å². The van der Waals surface area contributed by atoms with Gasteiger partial charge in [-0.15, -0.1) is 0 Å². The quantitative estimate of drug-likeness (QED) is 0.814. The van der Waals surface area contributed by atoms with Crippen molar-refractivity contribution in [3.8, 4) is 0 Å². The fraction of sp³-hybridized carbons (Fsp3) is 0.200. The van der Waals surface area contributed by atoms with E-state index in [0.29, 0.717) is 17.9 Å². The van der Waals surface area contributed by atoms with Gasteiger partial charge in [0.15, 0.2) is 0 Å². The Hall–Kier alpha value is -2.76. The number of benzene rings is 1. The predicted octanol–water partition coefficient (Wildman–Crippen LogP) is 1.41. The van der Waals surface area contributed by atoms with Crippen molar-refractivity contribution in [3.05, 3.63) is 53.9 Å². The second kappa shape index (κ2) is 6.60. The smallest absolute Gasteiger partial charge is 0.325 e. The van der Waals surface area contributed by atoms with Gasteiger partial charge in [0.05, 0.1) is 7.11 Å². The second-order valence-electron chi connectivity index (χ2n) is 4.57. The van der Waals surface area contributed by atoms with Gasteiger partial charge in [-0.05, 0) is 11.6 Å². The van der Waals surface area contributed by atoms with Gasteiger partial charge in [-0.1, -0.05) is 30.3 Å². The molecule has 0 aliphatic rings. The molecule has 0 bridgehead atoms. The van der Waals surface area contributed by atoms with Crippen LogP contribution in [0.4, 0.5) is 5.69 Å². The minimum Gasteiger partial charge on any atom is -0.468 e. The normalized spacial score (nSPS) is 10.1. The number of esters is 1. The molecule has 0 saturated carbocycles. The molecule has 1 heterocycles. The van der Waals surface area contributed by atoms with E-state index in [9.17, 15) is 9.59 Å². The number of H-pyrrole nitrogens is 1. The molecule has 0 atom stereocenters. The summed E-state index contributed by atoms with van der Waals surface area (Å²) in [7, 11) is 1.29. The van der Waals surface area contributed by atoms with Crippen LogP contribution in [0.25, 0.3) is 0 Å². The largest absolute Gasteiger partial charge is 0.468 e. The summed E-state index contributed by atoms with van der Waals surface area (Å²) in [5.74, 6) is -0.778. The van der Waals surface area contributed by atoms with Gasteiger partial charge in [0, 0.05) is 18.4 Å². The van der Waals surface area contributed by atoms with Gasteiger partial charge in [0.2, 0.25) is 0 Å². The van der Waals surface area contributed by atoms with Crippen LogP contribution in [0, 0.1) is 0 Å². The summed E-state index contributed by atoms with van der Waals surface area (Å²) in [6.45, 7) is 0.191. The molecule has 1 aromatic carbocycles. The number of nitrogen functional groups attached to an aromatic ring is 1. The summed E-state index contributed by atoms with van der Waals surface area (Å²) in [5, 5.41) is 0. The van der Waals surface area contributed by atoms with Crippen LogP contribution in [0.5, 0.6) is 0 Å². The highest BCUT2D eigenvalue weighted by Crippen LogP contribution is 2.11. The molecule has 6 heteroatoms. The molecule has 0 radical (unpaired) electrons. The average molecular weight is 287 g/mol. The van der Waals surface area contributed by atoms with Crippen molar-refractivity contribution in [1.82, 2.24) is 9.88 Å². The topological polar surface area (TPSA) is 88.4 Å². The number of carbonyl (C=O) groups excluding carboxylic acids is 2. The predicted molar refractivity (Wildman–Crippen MR) is 78.4 cm³/mol. The van der Waals surface area contributed by atoms with Crippen molar-refractivity contribution in [1.29, 1.82) is 0 Å². The molecule has 0 spiro atoms. The number of rotatable bonds is 5. The van der Waals surface area contributed by atoms with Gasteiger partial charge >= 0.3 is 5.97 Å². The molecule has 21 heavy (non-hydrogen) atoms. The second-order valence-corrected chi connectivity index (χ2v) is 4.57. The van der Waals surface area contributed by atoms with E-state index in [1.165, 1.54) is 24.3 Å². The van der Waals surface area contributed by atoms with E-state index in [1.807, 2.05) is 30.3 Å².